The molecular formula is C15H11BrN6S. The Hall–Kier alpha value is -2.45. The van der Waals surface area contributed by atoms with Gasteiger partial charge in [-0.25, -0.2) is 4.98 Å². The predicted octanol–water partition coefficient (Wildman–Crippen LogP) is 3.97. The number of thiazole rings is 1. The number of fused-ring (bicyclic) bond motifs is 1. The lowest BCUT2D eigenvalue weighted by molar-refractivity contribution is 0.886. The van der Waals surface area contributed by atoms with Crippen molar-refractivity contribution in [1.29, 1.82) is 0 Å². The number of nitrogens with zero attached hydrogens (tertiary/aromatic N) is 4. The number of para-hydroxylation sites is 1. The zero-order chi connectivity index (χ0) is 15.8. The molecule has 0 bridgehead atoms. The van der Waals surface area contributed by atoms with Crippen LogP contribution >= 0.6 is 27.3 Å². The minimum absolute atomic E-state index is 0.295. The molecule has 2 heterocycles. The van der Waals surface area contributed by atoms with Crippen molar-refractivity contribution in [2.45, 2.75) is 0 Å². The molecule has 114 valence electrons. The van der Waals surface area contributed by atoms with Crippen LogP contribution in [0.2, 0.25) is 0 Å². The molecule has 3 N–H and O–H groups in total. The van der Waals surface area contributed by atoms with E-state index in [0.717, 1.165) is 20.4 Å². The van der Waals surface area contributed by atoms with E-state index in [2.05, 4.69) is 36.3 Å². The third kappa shape index (κ3) is 2.78. The summed E-state index contributed by atoms with van der Waals surface area (Å²) in [5.74, 6) is 0.729. The van der Waals surface area contributed by atoms with Crippen LogP contribution in [-0.4, -0.2) is 19.7 Å². The van der Waals surface area contributed by atoms with E-state index in [0.29, 0.717) is 17.0 Å². The molecule has 4 rings (SSSR count). The zero-order valence-electron chi connectivity index (χ0n) is 11.8. The Morgan fingerprint density at radius 2 is 1.83 bits per heavy atom. The van der Waals surface area contributed by atoms with Crippen molar-refractivity contribution in [3.63, 3.8) is 0 Å². The maximum absolute atomic E-state index is 5.98. The molecule has 0 saturated carbocycles. The first-order chi connectivity index (χ1) is 11.2. The molecule has 0 saturated heterocycles. The fourth-order valence-electron chi connectivity index (χ4n) is 2.13. The van der Waals surface area contributed by atoms with Crippen LogP contribution in [0.4, 0.5) is 17.6 Å². The highest BCUT2D eigenvalue weighted by Crippen LogP contribution is 2.26. The topological polar surface area (TPSA) is 81.6 Å². The number of hydrogen-bond acceptors (Lipinski definition) is 6. The molecule has 2 aromatic heterocycles. The summed E-state index contributed by atoms with van der Waals surface area (Å²) in [7, 11) is 0. The normalized spacial score (nSPS) is 11.0. The molecule has 0 aliphatic heterocycles. The molecule has 0 atom stereocenters. The summed E-state index contributed by atoms with van der Waals surface area (Å²) in [6.45, 7) is 0. The molecule has 0 aliphatic rings. The monoisotopic (exact) mass is 386 g/mol. The maximum atomic E-state index is 5.98. The first kappa shape index (κ1) is 14.2. The van der Waals surface area contributed by atoms with Crippen LogP contribution in [0.15, 0.2) is 53.0 Å². The highest BCUT2D eigenvalue weighted by molar-refractivity contribution is 9.10. The van der Waals surface area contributed by atoms with Gasteiger partial charge in [-0.05, 0) is 36.4 Å². The van der Waals surface area contributed by atoms with Crippen LogP contribution in [0.3, 0.4) is 0 Å². The van der Waals surface area contributed by atoms with Crippen molar-refractivity contribution in [2.75, 3.05) is 11.1 Å². The van der Waals surface area contributed by atoms with E-state index in [1.54, 1.807) is 4.68 Å². The molecule has 4 aromatic rings. The SMILES string of the molecule is Nc1nc(Nc2ccc(Br)cc2)nn1-c1nc2ccccc2s1. The lowest BCUT2D eigenvalue weighted by Crippen LogP contribution is -2.01. The number of aromatic nitrogens is 4. The number of hydrogen-bond donors (Lipinski definition) is 2. The summed E-state index contributed by atoms with van der Waals surface area (Å²) in [5.41, 5.74) is 7.79. The molecule has 0 amide bonds. The fourth-order valence-corrected chi connectivity index (χ4v) is 3.32. The summed E-state index contributed by atoms with van der Waals surface area (Å²) < 4.78 is 3.64. The Balaban J connectivity index is 1.67. The van der Waals surface area contributed by atoms with E-state index in [9.17, 15) is 0 Å². The van der Waals surface area contributed by atoms with E-state index in [1.807, 2.05) is 48.5 Å². The standard InChI is InChI=1S/C15H11BrN6S/c16-9-5-7-10(8-6-9)18-14-20-13(17)22(21-14)15-19-11-3-1-2-4-12(11)23-15/h1-8H,(H3,17,18,20,21). The van der Waals surface area contributed by atoms with E-state index in [1.165, 1.54) is 11.3 Å². The second-order valence-corrected chi connectivity index (χ2v) is 6.73. The van der Waals surface area contributed by atoms with Crippen molar-refractivity contribution >= 4 is 55.1 Å². The number of anilines is 3. The van der Waals surface area contributed by atoms with Crippen LogP contribution in [0.1, 0.15) is 0 Å². The highest BCUT2D eigenvalue weighted by atomic mass is 79.9. The van der Waals surface area contributed by atoms with Gasteiger partial charge in [0.15, 0.2) is 0 Å². The lowest BCUT2D eigenvalue weighted by atomic mass is 10.3. The third-order valence-corrected chi connectivity index (χ3v) is 4.74. The van der Waals surface area contributed by atoms with Gasteiger partial charge in [0, 0.05) is 10.2 Å². The molecule has 0 unspecified atom stereocenters. The smallest absolute Gasteiger partial charge is 0.248 e. The van der Waals surface area contributed by atoms with Gasteiger partial charge in [0.2, 0.25) is 17.0 Å². The Morgan fingerprint density at radius 3 is 2.61 bits per heavy atom. The van der Waals surface area contributed by atoms with Gasteiger partial charge in [-0.1, -0.05) is 39.4 Å². The third-order valence-electron chi connectivity index (χ3n) is 3.20. The Kier molecular flexibility index (Phi) is 3.47. The summed E-state index contributed by atoms with van der Waals surface area (Å²) in [6, 6.07) is 15.7. The van der Waals surface area contributed by atoms with Crippen molar-refractivity contribution in [1.82, 2.24) is 19.7 Å². The number of benzene rings is 2. The molecular weight excluding hydrogens is 376 g/mol. The van der Waals surface area contributed by atoms with Gasteiger partial charge in [0.1, 0.15) is 0 Å². The van der Waals surface area contributed by atoms with Crippen LogP contribution in [0.25, 0.3) is 15.3 Å². The van der Waals surface area contributed by atoms with Crippen molar-refractivity contribution < 1.29 is 0 Å². The molecule has 0 spiro atoms. The minimum Gasteiger partial charge on any atom is -0.368 e. The average Bonchev–Trinajstić information content (AvgIpc) is 3.12. The van der Waals surface area contributed by atoms with E-state index in [-0.39, 0.29) is 0 Å². The summed E-state index contributed by atoms with van der Waals surface area (Å²) in [5, 5.41) is 8.22. The summed E-state index contributed by atoms with van der Waals surface area (Å²) in [6.07, 6.45) is 0. The van der Waals surface area contributed by atoms with Crippen LogP contribution < -0.4 is 11.1 Å². The Morgan fingerprint density at radius 1 is 1.04 bits per heavy atom. The molecule has 23 heavy (non-hydrogen) atoms. The van der Waals surface area contributed by atoms with E-state index in [4.69, 9.17) is 5.73 Å². The lowest BCUT2D eigenvalue weighted by Gasteiger charge is -2.00. The molecule has 0 aliphatic carbocycles. The minimum atomic E-state index is 0.295. The number of halogens is 1. The second kappa shape index (κ2) is 5.64. The first-order valence-electron chi connectivity index (χ1n) is 6.80. The largest absolute Gasteiger partial charge is 0.368 e. The van der Waals surface area contributed by atoms with Crippen LogP contribution in [0.5, 0.6) is 0 Å². The first-order valence-corrected chi connectivity index (χ1v) is 8.41. The Labute approximate surface area is 144 Å². The van der Waals surface area contributed by atoms with E-state index >= 15 is 0 Å². The van der Waals surface area contributed by atoms with Gasteiger partial charge in [0.05, 0.1) is 10.2 Å². The quantitative estimate of drug-likeness (QED) is 0.556. The van der Waals surface area contributed by atoms with Gasteiger partial charge >= 0.3 is 0 Å². The number of nitrogens with one attached hydrogen (secondary N) is 1. The van der Waals surface area contributed by atoms with Crippen molar-refractivity contribution in [2.24, 2.45) is 0 Å². The summed E-state index contributed by atoms with van der Waals surface area (Å²) >= 11 is 4.93. The highest BCUT2D eigenvalue weighted by Gasteiger charge is 2.13. The second-order valence-electron chi connectivity index (χ2n) is 4.80. The molecule has 0 radical (unpaired) electrons. The van der Waals surface area contributed by atoms with Crippen LogP contribution in [0, 0.1) is 0 Å². The molecule has 2 aromatic carbocycles. The van der Waals surface area contributed by atoms with Gasteiger partial charge in [-0.2, -0.15) is 9.67 Å². The average molecular weight is 387 g/mol. The zero-order valence-corrected chi connectivity index (χ0v) is 14.2. The van der Waals surface area contributed by atoms with E-state index < -0.39 is 0 Å². The van der Waals surface area contributed by atoms with Gasteiger partial charge in [-0.15, -0.1) is 5.10 Å². The Bertz CT molecular complexity index is 942. The number of nitrogens with two attached hydrogens (primary N) is 1. The number of rotatable bonds is 3. The predicted molar refractivity (Wildman–Crippen MR) is 96.4 cm³/mol. The molecule has 6 nitrogen and oxygen atoms in total. The van der Waals surface area contributed by atoms with Crippen molar-refractivity contribution in [3.8, 4) is 5.13 Å². The van der Waals surface area contributed by atoms with Crippen molar-refractivity contribution in [3.05, 3.63) is 53.0 Å². The number of nitrogen functional groups attached to an aromatic ring is 1. The summed E-state index contributed by atoms with van der Waals surface area (Å²) in [4.78, 5) is 8.79. The molecule has 0 fully saturated rings. The fraction of sp³-hybridized carbons (Fsp3) is 0. The van der Waals surface area contributed by atoms with Gasteiger partial charge in [-0.3, -0.25) is 0 Å². The maximum Gasteiger partial charge on any atom is 0.248 e. The van der Waals surface area contributed by atoms with Gasteiger partial charge in [0.25, 0.3) is 0 Å². The molecule has 8 heteroatoms. The van der Waals surface area contributed by atoms with Crippen LogP contribution in [-0.2, 0) is 0 Å². The van der Waals surface area contributed by atoms with Gasteiger partial charge < -0.3 is 11.1 Å².